The molecule has 0 bridgehead atoms. The zero-order chi connectivity index (χ0) is 27.2. The number of halogens is 1. The van der Waals surface area contributed by atoms with Gasteiger partial charge in [-0.15, -0.1) is 0 Å². The zero-order valence-electron chi connectivity index (χ0n) is 21.3. The summed E-state index contributed by atoms with van der Waals surface area (Å²) in [6.45, 7) is 0.176. The third-order valence-electron chi connectivity index (χ3n) is 6.23. The van der Waals surface area contributed by atoms with Crippen LogP contribution < -0.4 is 24.4 Å². The maximum absolute atomic E-state index is 13.5. The van der Waals surface area contributed by atoms with Gasteiger partial charge >= 0.3 is 6.03 Å². The number of urea groups is 1. The molecule has 1 aliphatic rings. The van der Waals surface area contributed by atoms with Gasteiger partial charge in [0.15, 0.2) is 11.5 Å². The fraction of sp³-hybridized carbons (Fsp3) is 0.250. The summed E-state index contributed by atoms with van der Waals surface area (Å²) in [6.07, 6.45) is 0.135. The molecule has 38 heavy (non-hydrogen) atoms. The molecule has 0 radical (unpaired) electrons. The van der Waals surface area contributed by atoms with E-state index < -0.39 is 29.7 Å². The van der Waals surface area contributed by atoms with Gasteiger partial charge in [-0.1, -0.05) is 12.1 Å². The lowest BCUT2D eigenvalue weighted by Gasteiger charge is -2.22. The average Bonchev–Trinajstić information content (AvgIpc) is 3.16. The Balaban J connectivity index is 1.58. The number of benzene rings is 3. The molecule has 1 atom stereocenters. The first kappa shape index (κ1) is 26.5. The standard InChI is InChI=1S/C28H28FN3O6/c1-36-22-6-4-5-21(16-22)32-27(34)23(17-26(33)30-20-10-8-19(29)9-11-20)31(28(32)35)14-13-18-7-12-24(37-2)25(15-18)38-3/h4-12,15-16,23H,13-14,17H2,1-3H3,(H,30,33)/t23-/m1/s1. The van der Waals surface area contributed by atoms with Crippen LogP contribution >= 0.6 is 0 Å². The fourth-order valence-electron chi connectivity index (χ4n) is 4.28. The molecule has 10 heteroatoms. The van der Waals surface area contributed by atoms with Crippen LogP contribution in [0.5, 0.6) is 17.2 Å². The van der Waals surface area contributed by atoms with E-state index in [4.69, 9.17) is 14.2 Å². The molecule has 0 spiro atoms. The molecule has 0 unspecified atom stereocenters. The predicted octanol–water partition coefficient (Wildman–Crippen LogP) is 4.26. The summed E-state index contributed by atoms with van der Waals surface area (Å²) >= 11 is 0. The molecule has 4 amide bonds. The average molecular weight is 522 g/mol. The Hall–Kier alpha value is -4.60. The molecule has 1 N–H and O–H groups in total. The first-order valence-corrected chi connectivity index (χ1v) is 11.9. The quantitative estimate of drug-likeness (QED) is 0.401. The summed E-state index contributed by atoms with van der Waals surface area (Å²) in [5.41, 5.74) is 1.59. The summed E-state index contributed by atoms with van der Waals surface area (Å²) in [6, 6.07) is 15.7. The van der Waals surface area contributed by atoms with Crippen LogP contribution in [0.3, 0.4) is 0 Å². The Bertz CT molecular complexity index is 1330. The number of carbonyl (C=O) groups excluding carboxylic acids is 3. The van der Waals surface area contributed by atoms with E-state index in [1.807, 2.05) is 6.07 Å². The topological polar surface area (TPSA) is 97.4 Å². The molecule has 1 fully saturated rings. The molecular formula is C28H28FN3O6. The number of methoxy groups -OCH3 is 3. The second-order valence-corrected chi connectivity index (χ2v) is 8.57. The van der Waals surface area contributed by atoms with Gasteiger partial charge in [0.1, 0.15) is 17.6 Å². The van der Waals surface area contributed by atoms with Crippen molar-refractivity contribution >= 4 is 29.2 Å². The second kappa shape index (κ2) is 11.6. The van der Waals surface area contributed by atoms with Crippen molar-refractivity contribution in [3.05, 3.63) is 78.1 Å². The molecule has 1 aliphatic heterocycles. The molecule has 4 rings (SSSR count). The highest BCUT2D eigenvalue weighted by atomic mass is 19.1. The first-order valence-electron chi connectivity index (χ1n) is 11.9. The highest BCUT2D eigenvalue weighted by molar-refractivity contribution is 6.22. The summed E-state index contributed by atoms with van der Waals surface area (Å²) in [5, 5.41) is 2.66. The first-order chi connectivity index (χ1) is 18.3. The Morgan fingerprint density at radius 1 is 0.921 bits per heavy atom. The van der Waals surface area contributed by atoms with Gasteiger partial charge in [0.05, 0.1) is 33.4 Å². The zero-order valence-corrected chi connectivity index (χ0v) is 21.3. The number of hydrogen-bond acceptors (Lipinski definition) is 6. The minimum Gasteiger partial charge on any atom is -0.497 e. The van der Waals surface area contributed by atoms with Gasteiger partial charge in [-0.25, -0.2) is 14.1 Å². The molecule has 1 heterocycles. The fourth-order valence-corrected chi connectivity index (χ4v) is 4.28. The van der Waals surface area contributed by atoms with Gasteiger partial charge in [0.25, 0.3) is 5.91 Å². The molecular weight excluding hydrogens is 493 g/mol. The van der Waals surface area contributed by atoms with Crippen molar-refractivity contribution in [3.63, 3.8) is 0 Å². The van der Waals surface area contributed by atoms with E-state index >= 15 is 0 Å². The smallest absolute Gasteiger partial charge is 0.332 e. The van der Waals surface area contributed by atoms with Crippen LogP contribution in [0.4, 0.5) is 20.6 Å². The summed E-state index contributed by atoms with van der Waals surface area (Å²) in [7, 11) is 4.57. The minimum atomic E-state index is -1.03. The molecule has 3 aromatic rings. The van der Waals surface area contributed by atoms with Crippen molar-refractivity contribution in [1.29, 1.82) is 0 Å². The van der Waals surface area contributed by atoms with Crippen molar-refractivity contribution in [2.75, 3.05) is 38.1 Å². The van der Waals surface area contributed by atoms with Crippen LogP contribution in [0.2, 0.25) is 0 Å². The lowest BCUT2D eigenvalue weighted by Crippen LogP contribution is -2.39. The Kier molecular flexibility index (Phi) is 8.10. The van der Waals surface area contributed by atoms with Crippen molar-refractivity contribution in [3.8, 4) is 17.2 Å². The van der Waals surface area contributed by atoms with Gasteiger partial charge in [-0.3, -0.25) is 9.59 Å². The van der Waals surface area contributed by atoms with Crippen LogP contribution in [-0.4, -0.2) is 56.7 Å². The van der Waals surface area contributed by atoms with Crippen molar-refractivity contribution in [2.24, 2.45) is 0 Å². The molecule has 0 aromatic heterocycles. The van der Waals surface area contributed by atoms with Crippen LogP contribution in [0.25, 0.3) is 0 Å². The maximum Gasteiger partial charge on any atom is 0.332 e. The highest BCUT2D eigenvalue weighted by Crippen LogP contribution is 2.31. The molecule has 0 aliphatic carbocycles. The van der Waals surface area contributed by atoms with Crippen LogP contribution in [0.15, 0.2) is 66.7 Å². The number of nitrogens with one attached hydrogen (secondary N) is 1. The van der Waals surface area contributed by atoms with Crippen molar-refractivity contribution in [1.82, 2.24) is 4.90 Å². The van der Waals surface area contributed by atoms with Crippen LogP contribution in [-0.2, 0) is 16.0 Å². The third kappa shape index (κ3) is 5.69. The van der Waals surface area contributed by atoms with Gasteiger partial charge in [-0.2, -0.15) is 0 Å². The van der Waals surface area contributed by atoms with E-state index in [9.17, 15) is 18.8 Å². The normalized spacial score (nSPS) is 15.0. The van der Waals surface area contributed by atoms with Gasteiger partial charge in [-0.05, 0) is 60.5 Å². The number of imide groups is 1. The Morgan fingerprint density at radius 2 is 1.66 bits per heavy atom. The molecule has 198 valence electrons. The molecule has 1 saturated heterocycles. The lowest BCUT2D eigenvalue weighted by molar-refractivity contribution is -0.124. The monoisotopic (exact) mass is 521 g/mol. The molecule has 9 nitrogen and oxygen atoms in total. The Labute approximate surface area is 219 Å². The number of carbonyl (C=O) groups is 3. The predicted molar refractivity (Wildman–Crippen MR) is 139 cm³/mol. The molecule has 3 aromatic carbocycles. The van der Waals surface area contributed by atoms with Crippen molar-refractivity contribution < 1.29 is 33.0 Å². The molecule has 0 saturated carbocycles. The number of hydrogen-bond donors (Lipinski definition) is 1. The number of amides is 4. The number of anilines is 2. The van der Waals surface area contributed by atoms with E-state index in [0.717, 1.165) is 10.5 Å². The van der Waals surface area contributed by atoms with Gasteiger partial charge in [0.2, 0.25) is 5.91 Å². The van der Waals surface area contributed by atoms with Gasteiger partial charge in [0, 0.05) is 18.3 Å². The van der Waals surface area contributed by atoms with E-state index in [-0.39, 0.29) is 13.0 Å². The maximum atomic E-state index is 13.5. The van der Waals surface area contributed by atoms with Gasteiger partial charge < -0.3 is 24.4 Å². The van der Waals surface area contributed by atoms with E-state index in [1.54, 1.807) is 43.5 Å². The van der Waals surface area contributed by atoms with E-state index in [2.05, 4.69) is 5.32 Å². The lowest BCUT2D eigenvalue weighted by atomic mass is 10.1. The van der Waals surface area contributed by atoms with Crippen LogP contribution in [0.1, 0.15) is 12.0 Å². The summed E-state index contributed by atoms with van der Waals surface area (Å²) in [4.78, 5) is 42.3. The largest absolute Gasteiger partial charge is 0.497 e. The summed E-state index contributed by atoms with van der Waals surface area (Å²) < 4.78 is 29.1. The van der Waals surface area contributed by atoms with E-state index in [1.165, 1.54) is 43.4 Å². The number of rotatable bonds is 10. The second-order valence-electron chi connectivity index (χ2n) is 8.57. The minimum absolute atomic E-state index is 0.176. The third-order valence-corrected chi connectivity index (χ3v) is 6.23. The SMILES string of the molecule is COc1cccc(N2C(=O)[C@@H](CC(=O)Nc3ccc(F)cc3)N(CCc3ccc(OC)c(OC)c3)C2=O)c1. The highest BCUT2D eigenvalue weighted by Gasteiger charge is 2.46. The van der Waals surface area contributed by atoms with Crippen LogP contribution in [0, 0.1) is 5.82 Å². The summed E-state index contributed by atoms with van der Waals surface area (Å²) in [5.74, 6) is 0.161. The van der Waals surface area contributed by atoms with E-state index in [0.29, 0.717) is 35.0 Å². The Morgan fingerprint density at radius 3 is 2.34 bits per heavy atom. The number of nitrogens with zero attached hydrogens (tertiary/aromatic N) is 2. The van der Waals surface area contributed by atoms with Crippen molar-refractivity contribution in [2.45, 2.75) is 18.9 Å². The number of ether oxygens (including phenoxy) is 3.